The Morgan fingerprint density at radius 1 is 1.06 bits per heavy atom. The molecule has 8 nitrogen and oxygen atoms in total. The van der Waals surface area contributed by atoms with Crippen LogP contribution >= 0.6 is 0 Å². The molecule has 186 valence electrons. The first-order valence-corrected chi connectivity index (χ1v) is 12.9. The average molecular weight is 498 g/mol. The highest BCUT2D eigenvalue weighted by atomic mass is 32.2. The molecule has 0 radical (unpaired) electrons. The third kappa shape index (κ3) is 6.37. The summed E-state index contributed by atoms with van der Waals surface area (Å²) in [6.07, 6.45) is 1.71. The van der Waals surface area contributed by atoms with E-state index in [9.17, 15) is 13.2 Å². The predicted octanol–water partition coefficient (Wildman–Crippen LogP) is 4.19. The number of hydrogen-bond acceptors (Lipinski definition) is 6. The van der Waals surface area contributed by atoms with Crippen molar-refractivity contribution in [1.82, 2.24) is 14.6 Å². The average Bonchev–Trinajstić information content (AvgIpc) is 2.88. The number of rotatable bonds is 11. The summed E-state index contributed by atoms with van der Waals surface area (Å²) in [5.41, 5.74) is 1.80. The van der Waals surface area contributed by atoms with Gasteiger partial charge in [0.1, 0.15) is 18.1 Å². The second kappa shape index (κ2) is 11.8. The number of hydrogen-bond donors (Lipinski definition) is 1. The third-order valence-electron chi connectivity index (χ3n) is 5.58. The lowest BCUT2D eigenvalue weighted by atomic mass is 10.1. The molecule has 0 spiro atoms. The molecule has 1 amide bonds. The van der Waals surface area contributed by atoms with Crippen molar-refractivity contribution in [1.29, 1.82) is 0 Å². The summed E-state index contributed by atoms with van der Waals surface area (Å²) in [6, 6.07) is 17.0. The molecule has 1 atom stereocenters. The number of pyridine rings is 1. The van der Waals surface area contributed by atoms with Crippen LogP contribution in [0.2, 0.25) is 0 Å². The van der Waals surface area contributed by atoms with Crippen LogP contribution in [0.3, 0.4) is 0 Å². The molecule has 3 rings (SSSR count). The molecule has 0 aliphatic heterocycles. The smallest absolute Gasteiger partial charge is 0.255 e. The highest BCUT2D eigenvalue weighted by Crippen LogP contribution is 2.26. The van der Waals surface area contributed by atoms with E-state index in [4.69, 9.17) is 9.47 Å². The standard InChI is InChI=1S/C26H31N3O5S/c1-5-29(6-2)35(31,32)23-13-14-25(33-4)24(17-23)26(30)28-19(3)20-10-9-12-22(16-20)34-18-21-11-7-8-15-27-21/h7-17,19H,5-6,18H2,1-4H3,(H,28,30). The van der Waals surface area contributed by atoms with Crippen LogP contribution in [0.25, 0.3) is 0 Å². The molecule has 1 unspecified atom stereocenters. The minimum atomic E-state index is -3.72. The maximum atomic E-state index is 13.2. The van der Waals surface area contributed by atoms with E-state index >= 15 is 0 Å². The van der Waals surface area contributed by atoms with Gasteiger partial charge >= 0.3 is 0 Å². The molecule has 1 aromatic heterocycles. The van der Waals surface area contributed by atoms with Crippen molar-refractivity contribution in [2.24, 2.45) is 0 Å². The van der Waals surface area contributed by atoms with E-state index in [1.54, 1.807) is 20.0 Å². The first-order valence-electron chi connectivity index (χ1n) is 11.4. The Morgan fingerprint density at radius 3 is 2.49 bits per heavy atom. The van der Waals surface area contributed by atoms with Crippen molar-refractivity contribution < 1.29 is 22.7 Å². The first kappa shape index (κ1) is 26.2. The summed E-state index contributed by atoms with van der Waals surface area (Å²) < 4.78 is 38.4. The minimum absolute atomic E-state index is 0.0460. The van der Waals surface area contributed by atoms with Gasteiger partial charge in [-0.15, -0.1) is 0 Å². The zero-order valence-corrected chi connectivity index (χ0v) is 21.2. The molecular formula is C26H31N3O5S. The van der Waals surface area contributed by atoms with Gasteiger partial charge in [-0.1, -0.05) is 32.0 Å². The molecule has 9 heteroatoms. The van der Waals surface area contributed by atoms with Crippen LogP contribution in [0.15, 0.2) is 71.8 Å². The Balaban J connectivity index is 1.78. The molecule has 2 aromatic carbocycles. The minimum Gasteiger partial charge on any atom is -0.496 e. The number of sulfonamides is 1. The Morgan fingerprint density at radius 2 is 1.83 bits per heavy atom. The largest absolute Gasteiger partial charge is 0.496 e. The molecular weight excluding hydrogens is 466 g/mol. The summed E-state index contributed by atoms with van der Waals surface area (Å²) in [6.45, 7) is 6.39. The van der Waals surface area contributed by atoms with E-state index in [2.05, 4.69) is 10.3 Å². The quantitative estimate of drug-likeness (QED) is 0.427. The number of carbonyl (C=O) groups excluding carboxylic acids is 1. The van der Waals surface area contributed by atoms with Crippen molar-refractivity contribution in [2.75, 3.05) is 20.2 Å². The zero-order valence-electron chi connectivity index (χ0n) is 20.4. The van der Waals surface area contributed by atoms with Crippen LogP contribution in [0.1, 0.15) is 48.4 Å². The molecule has 0 fully saturated rings. The fourth-order valence-electron chi connectivity index (χ4n) is 3.61. The van der Waals surface area contributed by atoms with Crippen molar-refractivity contribution in [3.63, 3.8) is 0 Å². The van der Waals surface area contributed by atoms with Gasteiger partial charge in [0.25, 0.3) is 5.91 Å². The van der Waals surface area contributed by atoms with E-state index in [-0.39, 0.29) is 16.5 Å². The maximum absolute atomic E-state index is 13.2. The Kier molecular flexibility index (Phi) is 8.84. The van der Waals surface area contributed by atoms with Gasteiger partial charge < -0.3 is 14.8 Å². The van der Waals surface area contributed by atoms with E-state index in [1.165, 1.54) is 29.6 Å². The zero-order chi connectivity index (χ0) is 25.4. The van der Waals surface area contributed by atoms with E-state index in [0.29, 0.717) is 31.2 Å². The van der Waals surface area contributed by atoms with Gasteiger partial charge in [0.15, 0.2) is 0 Å². The third-order valence-corrected chi connectivity index (χ3v) is 7.62. The Bertz CT molecular complexity index is 1240. The molecule has 1 N–H and O–H groups in total. The molecule has 1 heterocycles. The second-order valence-electron chi connectivity index (χ2n) is 7.83. The van der Waals surface area contributed by atoms with Gasteiger partial charge in [-0.05, 0) is 55.0 Å². The molecule has 3 aromatic rings. The normalized spacial score (nSPS) is 12.3. The summed E-state index contributed by atoms with van der Waals surface area (Å²) in [7, 11) is -2.28. The lowest BCUT2D eigenvalue weighted by molar-refractivity contribution is 0.0936. The summed E-state index contributed by atoms with van der Waals surface area (Å²) in [4.78, 5) is 17.4. The fourth-order valence-corrected chi connectivity index (χ4v) is 5.09. The van der Waals surface area contributed by atoms with E-state index < -0.39 is 15.9 Å². The van der Waals surface area contributed by atoms with Crippen molar-refractivity contribution in [2.45, 2.75) is 38.3 Å². The van der Waals surface area contributed by atoms with Crippen LogP contribution in [0.4, 0.5) is 0 Å². The van der Waals surface area contributed by atoms with Gasteiger partial charge in [0, 0.05) is 19.3 Å². The summed E-state index contributed by atoms with van der Waals surface area (Å²) in [5, 5.41) is 2.93. The number of carbonyl (C=O) groups is 1. The number of nitrogens with zero attached hydrogens (tertiary/aromatic N) is 2. The molecule has 0 saturated carbocycles. The molecule has 0 bridgehead atoms. The number of benzene rings is 2. The van der Waals surface area contributed by atoms with Gasteiger partial charge in [-0.3, -0.25) is 9.78 Å². The van der Waals surface area contributed by atoms with E-state index in [0.717, 1.165) is 11.3 Å². The Labute approximate surface area is 207 Å². The van der Waals surface area contributed by atoms with Crippen LogP contribution in [-0.4, -0.2) is 43.8 Å². The SMILES string of the molecule is CCN(CC)S(=O)(=O)c1ccc(OC)c(C(=O)NC(C)c2cccc(OCc3ccccn3)c2)c1. The van der Waals surface area contributed by atoms with Crippen LogP contribution in [0.5, 0.6) is 11.5 Å². The van der Waals surface area contributed by atoms with Crippen LogP contribution < -0.4 is 14.8 Å². The maximum Gasteiger partial charge on any atom is 0.255 e. The van der Waals surface area contributed by atoms with Gasteiger partial charge in [0.05, 0.1) is 29.3 Å². The number of ether oxygens (including phenoxy) is 2. The van der Waals surface area contributed by atoms with Crippen LogP contribution in [-0.2, 0) is 16.6 Å². The number of amides is 1. The first-order chi connectivity index (χ1) is 16.8. The van der Waals surface area contributed by atoms with Gasteiger partial charge in [-0.25, -0.2) is 8.42 Å². The van der Waals surface area contributed by atoms with Crippen molar-refractivity contribution >= 4 is 15.9 Å². The lowest BCUT2D eigenvalue weighted by Crippen LogP contribution is -2.31. The second-order valence-corrected chi connectivity index (χ2v) is 9.77. The topological polar surface area (TPSA) is 97.8 Å². The lowest BCUT2D eigenvalue weighted by Gasteiger charge is -2.20. The number of methoxy groups -OCH3 is 1. The molecule has 0 aliphatic rings. The monoisotopic (exact) mass is 497 g/mol. The fraction of sp³-hybridized carbons (Fsp3) is 0.308. The van der Waals surface area contributed by atoms with E-state index in [1.807, 2.05) is 49.4 Å². The van der Waals surface area contributed by atoms with Gasteiger partial charge in [0.2, 0.25) is 10.0 Å². The van der Waals surface area contributed by atoms with Crippen LogP contribution in [0, 0.1) is 0 Å². The number of nitrogens with one attached hydrogen (secondary N) is 1. The molecule has 0 saturated heterocycles. The van der Waals surface area contributed by atoms with Crippen molar-refractivity contribution in [3.05, 3.63) is 83.7 Å². The highest BCUT2D eigenvalue weighted by molar-refractivity contribution is 7.89. The summed E-state index contributed by atoms with van der Waals surface area (Å²) in [5.74, 6) is 0.505. The number of aromatic nitrogens is 1. The molecule has 35 heavy (non-hydrogen) atoms. The molecule has 0 aliphatic carbocycles. The summed E-state index contributed by atoms with van der Waals surface area (Å²) >= 11 is 0. The van der Waals surface area contributed by atoms with Crippen molar-refractivity contribution in [3.8, 4) is 11.5 Å². The Hall–Kier alpha value is -3.43. The predicted molar refractivity (Wildman–Crippen MR) is 134 cm³/mol. The highest BCUT2D eigenvalue weighted by Gasteiger charge is 2.25. The van der Waals surface area contributed by atoms with Gasteiger partial charge in [-0.2, -0.15) is 4.31 Å².